The molecule has 0 aliphatic carbocycles. The molecule has 0 atom stereocenters. The first-order valence-corrected chi connectivity index (χ1v) is 25.3. The first-order chi connectivity index (χ1) is 34.9. The number of amides is 6. The largest absolute Gasteiger partial charge is 1.00 e. The first kappa shape index (κ1) is 53.9. The van der Waals surface area contributed by atoms with Crippen molar-refractivity contribution in [2.75, 3.05) is 10.6 Å². The molecule has 2 N–H and O–H groups in total. The van der Waals surface area contributed by atoms with Gasteiger partial charge in [-0.25, -0.2) is 8.42 Å². The summed E-state index contributed by atoms with van der Waals surface area (Å²) in [6.45, 7) is 7.32. The molecule has 74 heavy (non-hydrogen) atoms. The van der Waals surface area contributed by atoms with Crippen LogP contribution in [0, 0.1) is 5.21 Å². The Morgan fingerprint density at radius 3 is 1.18 bits per heavy atom. The summed E-state index contributed by atoms with van der Waals surface area (Å²) in [6.07, 6.45) is 3.38. The van der Waals surface area contributed by atoms with Gasteiger partial charge in [-0.05, 0) is 119 Å². The van der Waals surface area contributed by atoms with Crippen LogP contribution >= 0.6 is 10.7 Å². The van der Waals surface area contributed by atoms with Gasteiger partial charge in [-0.1, -0.05) is 98.1 Å². The minimum absolute atomic E-state index is 0. The van der Waals surface area contributed by atoms with Crippen molar-refractivity contribution < 1.29 is 79.4 Å². The molecule has 0 saturated heterocycles. The Morgan fingerprint density at radius 1 is 0.500 bits per heavy atom. The van der Waals surface area contributed by atoms with E-state index in [0.717, 1.165) is 16.5 Å². The summed E-state index contributed by atoms with van der Waals surface area (Å²) in [4.78, 5) is 73.3. The zero-order chi connectivity index (χ0) is 52.2. The third-order valence-electron chi connectivity index (χ3n) is 11.3. The Bertz CT molecular complexity index is 3720. The number of nitrogens with zero attached hydrogens (tertiary/aromatic N) is 2. The van der Waals surface area contributed by atoms with Gasteiger partial charge in [0.25, 0.3) is 44.5 Å². The summed E-state index contributed by atoms with van der Waals surface area (Å²) in [6, 6.07) is 44.4. The van der Waals surface area contributed by atoms with Gasteiger partial charge >= 0.3 is 39.7 Å². The molecule has 6 amide bonds. The summed E-state index contributed by atoms with van der Waals surface area (Å²) in [5.41, 5.74) is 4.49. The molecule has 0 spiro atoms. The van der Waals surface area contributed by atoms with Gasteiger partial charge < -0.3 is 20.9 Å². The molecule has 0 saturated carbocycles. The summed E-state index contributed by atoms with van der Waals surface area (Å²) in [7, 11) is -3.13. The summed E-state index contributed by atoms with van der Waals surface area (Å²) in [5, 5.41) is 19.4. The van der Waals surface area contributed by atoms with E-state index in [0.29, 0.717) is 44.2 Å². The third kappa shape index (κ3) is 11.5. The molecule has 8 aromatic carbocycles. The molecule has 0 aromatic heterocycles. The Kier molecular flexibility index (Phi) is 16.4. The SMILES string of the molecule is C=Cc1ccc(NC(=O)c2ccc(S(=O)(=O)Cl)cc2)cc1.C=Cc1ccc(NC(=O)c2ccc(S(=O)(=O)ON3C(=O)c4cccc5cccc(c45)C3=O)cc2)cc1.O=C1c2cccc3cccc(c23)C(=O)N1[O-].[Na+]. The number of halogens is 1. The van der Waals surface area contributed by atoms with Crippen LogP contribution < -0.4 is 40.2 Å². The molecular formula is C54H36ClN4NaO12S2. The molecule has 364 valence electrons. The van der Waals surface area contributed by atoms with Crippen molar-refractivity contribution in [1.29, 1.82) is 0 Å². The minimum atomic E-state index is -4.56. The van der Waals surface area contributed by atoms with E-state index in [1.165, 1.54) is 60.7 Å². The van der Waals surface area contributed by atoms with Crippen LogP contribution in [0.15, 0.2) is 193 Å². The first-order valence-electron chi connectivity index (χ1n) is 21.5. The van der Waals surface area contributed by atoms with Crippen molar-refractivity contribution in [2.45, 2.75) is 9.79 Å². The van der Waals surface area contributed by atoms with Crippen LogP contribution in [0.1, 0.15) is 73.3 Å². The molecule has 0 radical (unpaired) electrons. The number of rotatable bonds is 10. The van der Waals surface area contributed by atoms with Crippen LogP contribution in [0.3, 0.4) is 0 Å². The predicted molar refractivity (Wildman–Crippen MR) is 275 cm³/mol. The number of hydroxylamine groups is 4. The molecule has 10 rings (SSSR count). The molecule has 0 bridgehead atoms. The van der Waals surface area contributed by atoms with Crippen molar-refractivity contribution in [2.24, 2.45) is 0 Å². The van der Waals surface area contributed by atoms with Gasteiger partial charge in [-0.15, -0.1) is 9.35 Å². The molecular weight excluding hydrogens is 1020 g/mol. The van der Waals surface area contributed by atoms with Gasteiger partial charge in [0.15, 0.2) is 0 Å². The molecule has 0 unspecified atom stereocenters. The second-order valence-corrected chi connectivity index (χ2v) is 19.9. The zero-order valence-electron chi connectivity index (χ0n) is 38.7. The third-order valence-corrected chi connectivity index (χ3v) is 13.8. The van der Waals surface area contributed by atoms with Gasteiger partial charge in [-0.3, -0.25) is 28.8 Å². The summed E-state index contributed by atoms with van der Waals surface area (Å²) < 4.78 is 53.0. The molecule has 8 aromatic rings. The molecule has 2 aliphatic rings. The average molecular weight is 1060 g/mol. The van der Waals surface area contributed by atoms with Gasteiger partial charge in [0.05, 0.1) is 20.9 Å². The number of hydrogen-bond donors (Lipinski definition) is 2. The zero-order valence-corrected chi connectivity index (χ0v) is 43.1. The normalized spacial score (nSPS) is 12.6. The van der Waals surface area contributed by atoms with Gasteiger partial charge in [-0.2, -0.15) is 8.42 Å². The Hall–Kier alpha value is -7.91. The molecule has 16 nitrogen and oxygen atoms in total. The molecule has 2 heterocycles. The maximum Gasteiger partial charge on any atom is 1.00 e. The van der Waals surface area contributed by atoms with E-state index < -0.39 is 48.7 Å². The van der Waals surface area contributed by atoms with Crippen molar-refractivity contribution in [3.63, 3.8) is 0 Å². The van der Waals surface area contributed by atoms with E-state index >= 15 is 0 Å². The predicted octanol–water partition coefficient (Wildman–Crippen LogP) is 7.10. The number of anilines is 2. The number of benzene rings is 8. The van der Waals surface area contributed by atoms with Gasteiger partial charge in [0.2, 0.25) is 0 Å². The Balaban J connectivity index is 0.000000178. The van der Waals surface area contributed by atoms with Crippen LogP contribution in [0.25, 0.3) is 33.7 Å². The number of nitrogens with one attached hydrogen (secondary N) is 2. The fourth-order valence-electron chi connectivity index (χ4n) is 7.58. The fraction of sp³-hybridized carbons (Fsp3) is 0. The summed E-state index contributed by atoms with van der Waals surface area (Å²) >= 11 is 0. The van der Waals surface area contributed by atoms with Crippen molar-refractivity contribution in [3.8, 4) is 0 Å². The van der Waals surface area contributed by atoms with E-state index in [2.05, 4.69) is 23.8 Å². The van der Waals surface area contributed by atoms with Crippen LogP contribution in [0.4, 0.5) is 11.4 Å². The van der Waals surface area contributed by atoms with Gasteiger partial charge in [0.1, 0.15) is 0 Å². The molecule has 20 heteroatoms. The number of imide groups is 2. The van der Waals surface area contributed by atoms with E-state index in [-0.39, 0.29) is 72.1 Å². The van der Waals surface area contributed by atoms with E-state index in [1.807, 2.05) is 24.3 Å². The summed E-state index contributed by atoms with van der Waals surface area (Å²) in [5.74, 6) is -4.11. The van der Waals surface area contributed by atoms with Crippen LogP contribution in [0.5, 0.6) is 0 Å². The fourth-order valence-corrected chi connectivity index (χ4v) is 9.24. The van der Waals surface area contributed by atoms with E-state index in [9.17, 15) is 50.8 Å². The van der Waals surface area contributed by atoms with Crippen molar-refractivity contribution in [1.82, 2.24) is 10.1 Å². The number of carbonyl (C=O) groups excluding carboxylic acids is 6. The second-order valence-electron chi connectivity index (χ2n) is 15.8. The van der Waals surface area contributed by atoms with Crippen LogP contribution in [-0.4, -0.2) is 62.4 Å². The molecule has 2 aliphatic heterocycles. The van der Waals surface area contributed by atoms with Gasteiger partial charge in [0, 0.05) is 55.1 Å². The maximum absolute atomic E-state index is 12.9. The monoisotopic (exact) mass is 1050 g/mol. The van der Waals surface area contributed by atoms with E-state index in [1.54, 1.807) is 97.1 Å². The standard InChI is InChI=1S/C27H18N2O6S.C15H12ClNO3S.C12H6NO3.Na/c1-2-17-9-13-20(14-10-17)28-25(30)19-11-15-21(16-12-19)36(33,34)35-29-26(31)22-7-3-5-18-6-4-8-23(24(18)22)27(29)32;1-2-11-3-7-13(8-4-11)17-15(18)12-5-9-14(10-6-12)21(16,19)20;14-11-8-5-1-3-7-4-2-6-9(10(7)8)12(15)13(11)16;/h2-16H,1H2,(H,28,30);2-10H,1H2,(H,17,18);1-6H;/q;;-1;+1. The van der Waals surface area contributed by atoms with Crippen LogP contribution in [-0.2, 0) is 23.5 Å². The second kappa shape index (κ2) is 22.5. The van der Waals surface area contributed by atoms with Crippen LogP contribution in [0.2, 0.25) is 0 Å². The van der Waals surface area contributed by atoms with Crippen molar-refractivity contribution in [3.05, 3.63) is 233 Å². The van der Waals surface area contributed by atoms with E-state index in [4.69, 9.17) is 15.0 Å². The minimum Gasteiger partial charge on any atom is -0.749 e. The average Bonchev–Trinajstić information content (AvgIpc) is 3.40. The quantitative estimate of drug-likeness (QED) is 0.0793. The maximum atomic E-state index is 12.9. The number of hydrogen-bond acceptors (Lipinski definition) is 12. The number of carbonyl (C=O) groups is 6. The van der Waals surface area contributed by atoms with Crippen molar-refractivity contribution >= 4 is 110 Å². The Labute approximate surface area is 449 Å². The topological polar surface area (TPSA) is 234 Å². The molecule has 0 fully saturated rings. The smallest absolute Gasteiger partial charge is 0.749 e. The Morgan fingerprint density at radius 2 is 0.838 bits per heavy atom.